The second kappa shape index (κ2) is 3.05. The Hall–Kier alpha value is -0.830. The van der Waals surface area contributed by atoms with Crippen molar-refractivity contribution >= 4 is 5.91 Å². The number of carbonyl (C=O) groups excluding carboxylic acids is 1. The molecule has 1 amide bonds. The highest BCUT2D eigenvalue weighted by molar-refractivity contribution is 5.85. The predicted molar refractivity (Wildman–Crippen MR) is 43.9 cm³/mol. The SMILES string of the molecule is C=CC[C@]1(CN)CCNC1=O. The van der Waals surface area contributed by atoms with Gasteiger partial charge in [-0.3, -0.25) is 4.79 Å². The molecule has 1 heterocycles. The highest BCUT2D eigenvalue weighted by Crippen LogP contribution is 2.29. The van der Waals surface area contributed by atoms with E-state index in [0.717, 1.165) is 13.0 Å². The Kier molecular flexibility index (Phi) is 2.29. The summed E-state index contributed by atoms with van der Waals surface area (Å²) in [6.45, 7) is 4.79. The van der Waals surface area contributed by atoms with Gasteiger partial charge in [-0.25, -0.2) is 0 Å². The molecule has 1 saturated heterocycles. The minimum absolute atomic E-state index is 0.0832. The lowest BCUT2D eigenvalue weighted by atomic mass is 9.83. The Morgan fingerprint density at radius 2 is 2.55 bits per heavy atom. The van der Waals surface area contributed by atoms with Crippen LogP contribution in [0.5, 0.6) is 0 Å². The maximum absolute atomic E-state index is 11.3. The molecule has 3 N–H and O–H groups in total. The standard InChI is InChI=1S/C8H14N2O/c1-2-3-8(6-9)4-5-10-7(8)11/h2H,1,3-6,9H2,(H,10,11)/t8-/m1/s1. The van der Waals surface area contributed by atoms with Crippen LogP contribution in [0, 0.1) is 5.41 Å². The van der Waals surface area contributed by atoms with E-state index in [9.17, 15) is 4.79 Å². The number of nitrogens with one attached hydrogen (secondary N) is 1. The van der Waals surface area contributed by atoms with Gasteiger partial charge in [0.2, 0.25) is 5.91 Å². The van der Waals surface area contributed by atoms with E-state index >= 15 is 0 Å². The number of amides is 1. The average Bonchev–Trinajstić information content (AvgIpc) is 2.35. The minimum atomic E-state index is -0.345. The second-order valence-electron chi connectivity index (χ2n) is 2.98. The van der Waals surface area contributed by atoms with Gasteiger partial charge in [0.1, 0.15) is 0 Å². The molecule has 0 unspecified atom stereocenters. The molecule has 3 heteroatoms. The smallest absolute Gasteiger partial charge is 0.227 e. The summed E-state index contributed by atoms with van der Waals surface area (Å²) in [5.41, 5.74) is 5.19. The maximum atomic E-state index is 11.3. The zero-order chi connectivity index (χ0) is 8.32. The summed E-state index contributed by atoms with van der Waals surface area (Å²) in [6, 6.07) is 0. The van der Waals surface area contributed by atoms with Crippen LogP contribution in [-0.4, -0.2) is 19.0 Å². The lowest BCUT2D eigenvalue weighted by Gasteiger charge is -2.21. The van der Waals surface area contributed by atoms with Crippen molar-refractivity contribution < 1.29 is 4.79 Å². The van der Waals surface area contributed by atoms with Gasteiger partial charge in [-0.15, -0.1) is 6.58 Å². The lowest BCUT2D eigenvalue weighted by Crippen LogP contribution is -2.37. The van der Waals surface area contributed by atoms with Gasteiger partial charge in [-0.1, -0.05) is 6.08 Å². The fourth-order valence-electron chi connectivity index (χ4n) is 1.47. The molecular weight excluding hydrogens is 140 g/mol. The molecular formula is C8H14N2O. The molecule has 11 heavy (non-hydrogen) atoms. The Bertz CT molecular complexity index is 179. The molecule has 0 aliphatic carbocycles. The summed E-state index contributed by atoms with van der Waals surface area (Å²) in [7, 11) is 0. The minimum Gasteiger partial charge on any atom is -0.356 e. The van der Waals surface area contributed by atoms with E-state index in [-0.39, 0.29) is 11.3 Å². The summed E-state index contributed by atoms with van der Waals surface area (Å²) in [6.07, 6.45) is 3.29. The molecule has 62 valence electrons. The predicted octanol–water partition coefficient (Wildman–Crippen LogP) is 0.0275. The topological polar surface area (TPSA) is 55.1 Å². The Morgan fingerprint density at radius 3 is 2.91 bits per heavy atom. The van der Waals surface area contributed by atoms with E-state index in [4.69, 9.17) is 5.73 Å². The summed E-state index contributed by atoms with van der Waals surface area (Å²) < 4.78 is 0. The lowest BCUT2D eigenvalue weighted by molar-refractivity contribution is -0.127. The molecule has 0 aromatic heterocycles. The molecule has 1 fully saturated rings. The van der Waals surface area contributed by atoms with Crippen molar-refractivity contribution in [1.82, 2.24) is 5.32 Å². The van der Waals surface area contributed by atoms with Crippen molar-refractivity contribution in [3.63, 3.8) is 0 Å². The number of rotatable bonds is 3. The quantitative estimate of drug-likeness (QED) is 0.563. The van der Waals surface area contributed by atoms with Crippen LogP contribution in [0.25, 0.3) is 0 Å². The fraction of sp³-hybridized carbons (Fsp3) is 0.625. The fourth-order valence-corrected chi connectivity index (χ4v) is 1.47. The van der Waals surface area contributed by atoms with Crippen LogP contribution < -0.4 is 11.1 Å². The van der Waals surface area contributed by atoms with Crippen molar-refractivity contribution in [3.05, 3.63) is 12.7 Å². The highest BCUT2D eigenvalue weighted by Gasteiger charge is 2.39. The zero-order valence-corrected chi connectivity index (χ0v) is 6.60. The third-order valence-electron chi connectivity index (χ3n) is 2.30. The van der Waals surface area contributed by atoms with Crippen molar-refractivity contribution in [2.75, 3.05) is 13.1 Å². The van der Waals surface area contributed by atoms with Gasteiger partial charge in [0.25, 0.3) is 0 Å². The van der Waals surface area contributed by atoms with Gasteiger partial charge >= 0.3 is 0 Å². The van der Waals surface area contributed by atoms with E-state index in [1.165, 1.54) is 0 Å². The van der Waals surface area contributed by atoms with Crippen LogP contribution in [-0.2, 0) is 4.79 Å². The van der Waals surface area contributed by atoms with E-state index < -0.39 is 0 Å². The first kappa shape index (κ1) is 8.27. The largest absolute Gasteiger partial charge is 0.356 e. The summed E-state index contributed by atoms with van der Waals surface area (Å²) in [4.78, 5) is 11.3. The normalized spacial score (nSPS) is 30.1. The van der Waals surface area contributed by atoms with Crippen LogP contribution in [0.3, 0.4) is 0 Å². The van der Waals surface area contributed by atoms with Crippen LogP contribution >= 0.6 is 0 Å². The highest BCUT2D eigenvalue weighted by atomic mass is 16.2. The number of nitrogens with two attached hydrogens (primary N) is 1. The second-order valence-corrected chi connectivity index (χ2v) is 2.98. The van der Waals surface area contributed by atoms with Crippen LogP contribution in [0.4, 0.5) is 0 Å². The number of allylic oxidation sites excluding steroid dienone is 1. The Labute approximate surface area is 66.6 Å². The number of carbonyl (C=O) groups is 1. The molecule has 1 aliphatic heterocycles. The molecule has 3 nitrogen and oxygen atoms in total. The van der Waals surface area contributed by atoms with Gasteiger partial charge in [0.15, 0.2) is 0 Å². The van der Waals surface area contributed by atoms with E-state index in [2.05, 4.69) is 11.9 Å². The van der Waals surface area contributed by atoms with Gasteiger partial charge in [-0.05, 0) is 12.8 Å². The van der Waals surface area contributed by atoms with Gasteiger partial charge < -0.3 is 11.1 Å². The Morgan fingerprint density at radius 1 is 1.82 bits per heavy atom. The van der Waals surface area contributed by atoms with E-state index in [1.54, 1.807) is 6.08 Å². The van der Waals surface area contributed by atoms with E-state index in [1.807, 2.05) is 0 Å². The molecule has 0 aromatic carbocycles. The average molecular weight is 154 g/mol. The van der Waals surface area contributed by atoms with Gasteiger partial charge in [0.05, 0.1) is 5.41 Å². The van der Waals surface area contributed by atoms with Crippen molar-refractivity contribution in [3.8, 4) is 0 Å². The first-order valence-electron chi connectivity index (χ1n) is 3.84. The number of hydrogen-bond donors (Lipinski definition) is 2. The van der Waals surface area contributed by atoms with Gasteiger partial charge in [-0.2, -0.15) is 0 Å². The van der Waals surface area contributed by atoms with Crippen molar-refractivity contribution in [2.24, 2.45) is 11.1 Å². The molecule has 1 atom stereocenters. The van der Waals surface area contributed by atoms with Crippen LogP contribution in [0.2, 0.25) is 0 Å². The van der Waals surface area contributed by atoms with Crippen molar-refractivity contribution in [2.45, 2.75) is 12.8 Å². The molecule has 0 radical (unpaired) electrons. The molecule has 0 bridgehead atoms. The first-order chi connectivity index (χ1) is 5.25. The summed E-state index contributed by atoms with van der Waals surface area (Å²) in [5, 5.41) is 2.78. The first-order valence-corrected chi connectivity index (χ1v) is 3.84. The molecule has 1 rings (SSSR count). The van der Waals surface area contributed by atoms with Gasteiger partial charge in [0, 0.05) is 13.1 Å². The molecule has 0 spiro atoms. The summed E-state index contributed by atoms with van der Waals surface area (Å²) in [5.74, 6) is 0.0832. The Balaban J connectivity index is 2.72. The molecule has 1 aliphatic rings. The van der Waals surface area contributed by atoms with Crippen LogP contribution in [0.15, 0.2) is 12.7 Å². The van der Waals surface area contributed by atoms with E-state index in [0.29, 0.717) is 13.0 Å². The van der Waals surface area contributed by atoms with Crippen LogP contribution in [0.1, 0.15) is 12.8 Å². The number of hydrogen-bond acceptors (Lipinski definition) is 2. The molecule has 0 aromatic rings. The van der Waals surface area contributed by atoms with Crippen molar-refractivity contribution in [1.29, 1.82) is 0 Å². The zero-order valence-electron chi connectivity index (χ0n) is 6.60. The maximum Gasteiger partial charge on any atom is 0.227 e. The third kappa shape index (κ3) is 1.28. The summed E-state index contributed by atoms with van der Waals surface area (Å²) >= 11 is 0. The molecule has 0 saturated carbocycles. The third-order valence-corrected chi connectivity index (χ3v) is 2.30. The monoisotopic (exact) mass is 154 g/mol.